The Kier molecular flexibility index (Phi) is 7.43. The van der Waals surface area contributed by atoms with Crippen LogP contribution >= 0.6 is 0 Å². The number of hydrogen-bond donors (Lipinski definition) is 1. The Morgan fingerprint density at radius 2 is 1.62 bits per heavy atom. The van der Waals surface area contributed by atoms with E-state index < -0.39 is 0 Å². The summed E-state index contributed by atoms with van der Waals surface area (Å²) in [7, 11) is 5.55. The van der Waals surface area contributed by atoms with Crippen LogP contribution in [0.3, 0.4) is 0 Å². The van der Waals surface area contributed by atoms with Gasteiger partial charge in [0.25, 0.3) is 0 Å². The molecule has 10 nitrogen and oxygen atoms in total. The first-order chi connectivity index (χ1) is 19.3. The minimum absolute atomic E-state index is 0.167. The van der Waals surface area contributed by atoms with E-state index in [2.05, 4.69) is 9.97 Å². The predicted octanol–water partition coefficient (Wildman–Crippen LogP) is 4.03. The number of carbonyl (C=O) groups excluding carboxylic acids is 1. The number of carbonyl (C=O) groups is 1. The number of benzene rings is 3. The normalized spacial score (nSPS) is 11.4. The predicted molar refractivity (Wildman–Crippen MR) is 156 cm³/mol. The molecule has 0 spiro atoms. The van der Waals surface area contributed by atoms with Gasteiger partial charge in [0.1, 0.15) is 23.3 Å². The Morgan fingerprint density at radius 3 is 2.35 bits per heavy atom. The fourth-order valence-corrected chi connectivity index (χ4v) is 4.25. The number of hydrogen-bond acceptors (Lipinski definition) is 7. The number of fused-ring (bicyclic) bond motifs is 1. The van der Waals surface area contributed by atoms with Crippen LogP contribution in [-0.2, 0) is 4.79 Å². The molecule has 0 bridgehead atoms. The second-order valence-corrected chi connectivity index (χ2v) is 9.38. The van der Waals surface area contributed by atoms with Gasteiger partial charge in [-0.3, -0.25) is 9.36 Å². The van der Waals surface area contributed by atoms with Crippen molar-refractivity contribution in [3.8, 4) is 22.9 Å². The third-order valence-corrected chi connectivity index (χ3v) is 6.26. The number of nitrogens with zero attached hydrogens (tertiary/aromatic N) is 6. The lowest BCUT2D eigenvalue weighted by molar-refractivity contribution is -0.113. The van der Waals surface area contributed by atoms with E-state index in [9.17, 15) is 9.59 Å². The van der Waals surface area contributed by atoms with E-state index in [0.717, 1.165) is 0 Å². The van der Waals surface area contributed by atoms with Crippen LogP contribution < -0.4 is 21.1 Å². The molecule has 0 unspecified atom stereocenters. The molecule has 10 heteroatoms. The number of amides is 1. The van der Waals surface area contributed by atoms with Gasteiger partial charge in [0.15, 0.2) is 11.5 Å². The molecular formula is C30H29N7O3. The van der Waals surface area contributed by atoms with Crippen LogP contribution in [0.2, 0.25) is 0 Å². The maximum atomic E-state index is 13.9. The lowest BCUT2D eigenvalue weighted by atomic mass is 10.2. The van der Waals surface area contributed by atoms with E-state index in [0.29, 0.717) is 46.3 Å². The van der Waals surface area contributed by atoms with Gasteiger partial charge in [0.2, 0.25) is 5.91 Å². The van der Waals surface area contributed by atoms with Gasteiger partial charge in [-0.05, 0) is 68.7 Å². The average Bonchev–Trinajstić information content (AvgIpc) is 3.26. The molecule has 0 saturated carbocycles. The number of ether oxygens (including phenoxy) is 1. The zero-order chi connectivity index (χ0) is 28.2. The summed E-state index contributed by atoms with van der Waals surface area (Å²) < 4.78 is 8.83. The van der Waals surface area contributed by atoms with Crippen molar-refractivity contribution >= 4 is 28.6 Å². The maximum Gasteiger partial charge on any atom is 0.339 e. The molecule has 2 aromatic heterocycles. The second kappa shape index (κ2) is 11.3. The molecule has 0 aliphatic carbocycles. The molecular weight excluding hydrogens is 506 g/mol. The molecule has 202 valence electrons. The first-order valence-corrected chi connectivity index (χ1v) is 12.6. The smallest absolute Gasteiger partial charge is 0.339 e. The zero-order valence-corrected chi connectivity index (χ0v) is 22.4. The molecule has 0 saturated heterocycles. The fraction of sp³-hybridized carbons (Fsp3) is 0.133. The van der Waals surface area contributed by atoms with Crippen molar-refractivity contribution in [2.24, 2.45) is 0 Å². The summed E-state index contributed by atoms with van der Waals surface area (Å²) in [6.07, 6.45) is 4.66. The Balaban J connectivity index is 1.54. The first kappa shape index (κ1) is 26.4. The third kappa shape index (κ3) is 5.33. The van der Waals surface area contributed by atoms with E-state index in [1.54, 1.807) is 61.7 Å². The molecule has 2 N–H and O–H groups in total. The largest absolute Gasteiger partial charge is 0.457 e. The number of aromatic nitrogens is 4. The molecule has 0 fully saturated rings. The number of nitrogens with two attached hydrogens (primary N) is 1. The van der Waals surface area contributed by atoms with Crippen LogP contribution in [0.5, 0.6) is 11.5 Å². The third-order valence-electron chi connectivity index (χ3n) is 6.26. The molecule has 3 aromatic carbocycles. The molecule has 5 rings (SSSR count). The van der Waals surface area contributed by atoms with E-state index in [1.165, 1.54) is 26.4 Å². The van der Waals surface area contributed by atoms with Crippen molar-refractivity contribution in [2.75, 3.05) is 38.3 Å². The van der Waals surface area contributed by atoms with Crippen molar-refractivity contribution in [1.82, 2.24) is 24.0 Å². The molecule has 40 heavy (non-hydrogen) atoms. The Labute approximate surface area is 231 Å². The Morgan fingerprint density at radius 1 is 0.900 bits per heavy atom. The standard InChI is InChI=1S/C30H29N7O3/c1-34(2)18-8-13-26(38)35(3)22-9-7-10-23(19-22)37-29-27(28(31)32-20-33-29)36(30(37)39)21-14-16-25(17-15-21)40-24-11-5-4-6-12-24/h4-17,19-20H,18H2,1-3H3,(H2,31,32,33). The molecule has 0 atom stereocenters. The summed E-state index contributed by atoms with van der Waals surface area (Å²) in [5.41, 5.74) is 8.33. The quantitative estimate of drug-likeness (QED) is 0.299. The molecule has 1 amide bonds. The Bertz CT molecular complexity index is 1740. The lowest BCUT2D eigenvalue weighted by Gasteiger charge is -2.16. The lowest BCUT2D eigenvalue weighted by Crippen LogP contribution is -2.25. The van der Waals surface area contributed by atoms with Crippen molar-refractivity contribution in [3.63, 3.8) is 0 Å². The van der Waals surface area contributed by atoms with Gasteiger partial charge < -0.3 is 20.3 Å². The summed E-state index contributed by atoms with van der Waals surface area (Å²) in [6, 6.07) is 23.7. The number of rotatable bonds is 8. The Hall–Kier alpha value is -5.22. The fourth-order valence-electron chi connectivity index (χ4n) is 4.25. The second-order valence-electron chi connectivity index (χ2n) is 9.38. The van der Waals surface area contributed by atoms with Gasteiger partial charge in [0, 0.05) is 25.4 Å². The first-order valence-electron chi connectivity index (χ1n) is 12.6. The molecule has 0 radical (unpaired) electrons. The molecule has 2 heterocycles. The van der Waals surface area contributed by atoms with E-state index in [1.807, 2.05) is 49.3 Å². The number of imidazole rings is 1. The number of nitrogen functional groups attached to an aromatic ring is 1. The summed E-state index contributed by atoms with van der Waals surface area (Å²) in [5, 5.41) is 0. The molecule has 0 aliphatic heterocycles. The van der Waals surface area contributed by atoms with Crippen molar-refractivity contribution in [2.45, 2.75) is 0 Å². The van der Waals surface area contributed by atoms with Crippen molar-refractivity contribution in [1.29, 1.82) is 0 Å². The highest BCUT2D eigenvalue weighted by Gasteiger charge is 2.21. The van der Waals surface area contributed by atoms with Crippen LogP contribution in [0.4, 0.5) is 11.5 Å². The van der Waals surface area contributed by atoms with E-state index in [4.69, 9.17) is 10.5 Å². The van der Waals surface area contributed by atoms with Gasteiger partial charge >= 0.3 is 5.69 Å². The van der Waals surface area contributed by atoms with Gasteiger partial charge in [-0.25, -0.2) is 19.3 Å². The monoisotopic (exact) mass is 535 g/mol. The topological polar surface area (TPSA) is 112 Å². The van der Waals surface area contributed by atoms with Crippen LogP contribution in [0, 0.1) is 0 Å². The van der Waals surface area contributed by atoms with Crippen LogP contribution in [0.1, 0.15) is 0 Å². The van der Waals surface area contributed by atoms with Crippen LogP contribution in [0.25, 0.3) is 22.5 Å². The summed E-state index contributed by atoms with van der Waals surface area (Å²) in [4.78, 5) is 38.7. The summed E-state index contributed by atoms with van der Waals surface area (Å²) in [6.45, 7) is 0.648. The number of para-hydroxylation sites is 1. The highest BCUT2D eigenvalue weighted by Crippen LogP contribution is 2.27. The van der Waals surface area contributed by atoms with Crippen molar-refractivity contribution in [3.05, 3.63) is 108 Å². The van der Waals surface area contributed by atoms with E-state index in [-0.39, 0.29) is 17.4 Å². The van der Waals surface area contributed by atoms with Crippen LogP contribution in [0.15, 0.2) is 102 Å². The van der Waals surface area contributed by atoms with Gasteiger partial charge in [0.05, 0.1) is 11.4 Å². The molecule has 0 aliphatic rings. The van der Waals surface area contributed by atoms with Crippen LogP contribution in [-0.4, -0.2) is 57.6 Å². The molecule has 5 aromatic rings. The maximum absolute atomic E-state index is 13.9. The number of anilines is 2. The highest BCUT2D eigenvalue weighted by molar-refractivity contribution is 6.01. The zero-order valence-electron chi connectivity index (χ0n) is 22.4. The van der Waals surface area contributed by atoms with E-state index >= 15 is 0 Å². The van der Waals surface area contributed by atoms with Gasteiger partial charge in [-0.2, -0.15) is 0 Å². The minimum Gasteiger partial charge on any atom is -0.457 e. The average molecular weight is 536 g/mol. The van der Waals surface area contributed by atoms with Gasteiger partial charge in [-0.15, -0.1) is 0 Å². The van der Waals surface area contributed by atoms with Crippen molar-refractivity contribution < 1.29 is 9.53 Å². The summed E-state index contributed by atoms with van der Waals surface area (Å²) >= 11 is 0. The summed E-state index contributed by atoms with van der Waals surface area (Å²) in [5.74, 6) is 1.31. The SMILES string of the molecule is CN(C)CC=CC(=O)N(C)c1cccc(-n2c(=O)n(-c3ccc(Oc4ccccc4)cc3)c3c(N)ncnc32)c1. The minimum atomic E-state index is -0.379. The number of likely N-dealkylation sites (N-methyl/N-ethyl adjacent to an activating group) is 2. The highest BCUT2D eigenvalue weighted by atomic mass is 16.5. The van der Waals surface area contributed by atoms with Gasteiger partial charge in [-0.1, -0.05) is 30.3 Å².